The number of hydrogen-bond donors (Lipinski definition) is 0. The Bertz CT molecular complexity index is 851. The van der Waals surface area contributed by atoms with E-state index in [1.54, 1.807) is 23.1 Å². The lowest BCUT2D eigenvalue weighted by Crippen LogP contribution is -2.05. The topological polar surface area (TPSA) is 25.8 Å². The van der Waals surface area contributed by atoms with E-state index in [4.69, 9.17) is 9.97 Å². The van der Waals surface area contributed by atoms with Gasteiger partial charge in [0, 0.05) is 12.1 Å². The predicted molar refractivity (Wildman–Crippen MR) is 110 cm³/mol. The maximum absolute atomic E-state index is 4.95. The first kappa shape index (κ1) is 18.2. The second kappa shape index (κ2) is 8.15. The van der Waals surface area contributed by atoms with Crippen LogP contribution in [0.3, 0.4) is 0 Å². The minimum Gasteiger partial charge on any atom is -0.232 e. The molecule has 4 heteroatoms. The molecule has 0 spiro atoms. The molecule has 0 N–H and O–H groups in total. The normalized spacial score (nSPS) is 11.0. The molecule has 0 bridgehead atoms. The molecule has 0 radical (unpaired) electrons. The lowest BCUT2D eigenvalue weighted by Gasteiger charge is -2.12. The highest BCUT2D eigenvalue weighted by Crippen LogP contribution is 2.32. The van der Waals surface area contributed by atoms with E-state index in [9.17, 15) is 0 Å². The molecule has 2 aromatic heterocycles. The number of hydrogen-bond acceptors (Lipinski definition) is 4. The van der Waals surface area contributed by atoms with Gasteiger partial charge in [0.2, 0.25) is 0 Å². The minimum atomic E-state index is 0.861. The third kappa shape index (κ3) is 4.13. The zero-order valence-corrected chi connectivity index (χ0v) is 16.9. The van der Waals surface area contributed by atoms with Crippen LogP contribution in [0.4, 0.5) is 0 Å². The summed E-state index contributed by atoms with van der Waals surface area (Å²) in [5.41, 5.74) is 6.24. The molecule has 1 aromatic carbocycles. The van der Waals surface area contributed by atoms with Crippen LogP contribution in [0.5, 0.6) is 0 Å². The monoisotopic (exact) mass is 368 g/mol. The van der Waals surface area contributed by atoms with E-state index in [1.807, 2.05) is 0 Å². The first-order valence-electron chi connectivity index (χ1n) is 8.73. The van der Waals surface area contributed by atoms with Crippen LogP contribution < -0.4 is 0 Å². The number of benzene rings is 1. The quantitative estimate of drug-likeness (QED) is 0.503. The van der Waals surface area contributed by atoms with E-state index in [2.05, 4.69) is 63.4 Å². The van der Waals surface area contributed by atoms with Crippen molar-refractivity contribution in [1.82, 2.24) is 9.97 Å². The third-order valence-electron chi connectivity index (χ3n) is 4.46. The Morgan fingerprint density at radius 1 is 0.920 bits per heavy atom. The van der Waals surface area contributed by atoms with Crippen LogP contribution in [0.25, 0.3) is 10.7 Å². The summed E-state index contributed by atoms with van der Waals surface area (Å²) < 4.78 is 1.30. The number of thioether (sulfide) groups is 1. The Labute approximate surface area is 158 Å². The van der Waals surface area contributed by atoms with Crippen LogP contribution in [0.1, 0.15) is 41.9 Å². The van der Waals surface area contributed by atoms with E-state index < -0.39 is 0 Å². The number of nitrogens with zero attached hydrogens (tertiary/aromatic N) is 2. The largest absolute Gasteiger partial charge is 0.232 e. The number of rotatable bonds is 6. The molecule has 0 amide bonds. The standard InChI is InChI=1S/C21H24N2S2/c1-5-15-7-9-16(10-8-15)13-18-17(6-2)14(3)22-21(23-18)19-11-12-20(24-4)25-19/h7-12H,5-6,13H2,1-4H3. The number of aryl methyl sites for hydroxylation is 2. The molecule has 0 aliphatic carbocycles. The van der Waals surface area contributed by atoms with Gasteiger partial charge in [-0.3, -0.25) is 0 Å². The highest BCUT2D eigenvalue weighted by atomic mass is 32.2. The van der Waals surface area contributed by atoms with E-state index >= 15 is 0 Å². The first-order valence-corrected chi connectivity index (χ1v) is 10.8. The SMILES string of the molecule is CCc1ccc(Cc2nc(-c3ccc(SC)s3)nc(C)c2CC)cc1. The van der Waals surface area contributed by atoms with Gasteiger partial charge in [-0.2, -0.15) is 0 Å². The van der Waals surface area contributed by atoms with Gasteiger partial charge in [0.1, 0.15) is 0 Å². The Morgan fingerprint density at radius 3 is 2.24 bits per heavy atom. The van der Waals surface area contributed by atoms with E-state index in [0.29, 0.717) is 0 Å². The van der Waals surface area contributed by atoms with Crippen molar-refractivity contribution in [3.63, 3.8) is 0 Å². The zero-order valence-electron chi connectivity index (χ0n) is 15.3. The van der Waals surface area contributed by atoms with Gasteiger partial charge in [0.05, 0.1) is 14.8 Å². The number of aromatic nitrogens is 2. The van der Waals surface area contributed by atoms with Crippen molar-refractivity contribution in [2.45, 2.75) is 44.2 Å². The molecule has 2 nitrogen and oxygen atoms in total. The summed E-state index contributed by atoms with van der Waals surface area (Å²) in [5.74, 6) is 0.861. The fourth-order valence-electron chi connectivity index (χ4n) is 3.01. The minimum absolute atomic E-state index is 0.861. The van der Waals surface area contributed by atoms with Crippen LogP contribution in [0.2, 0.25) is 0 Å². The smallest absolute Gasteiger partial charge is 0.169 e. The van der Waals surface area contributed by atoms with E-state index in [-0.39, 0.29) is 0 Å². The van der Waals surface area contributed by atoms with Crippen molar-refractivity contribution >= 4 is 23.1 Å². The summed E-state index contributed by atoms with van der Waals surface area (Å²) in [6.45, 7) is 6.48. The Balaban J connectivity index is 1.98. The maximum atomic E-state index is 4.95. The van der Waals surface area contributed by atoms with Crippen molar-refractivity contribution in [3.8, 4) is 10.7 Å². The van der Waals surface area contributed by atoms with Crippen molar-refractivity contribution in [3.05, 3.63) is 64.5 Å². The summed E-state index contributed by atoms with van der Waals surface area (Å²) in [5, 5.41) is 0. The Kier molecular flexibility index (Phi) is 5.92. The van der Waals surface area contributed by atoms with Gasteiger partial charge in [0.25, 0.3) is 0 Å². The van der Waals surface area contributed by atoms with Crippen molar-refractivity contribution in [2.75, 3.05) is 6.26 Å². The van der Waals surface area contributed by atoms with Crippen LogP contribution in [0, 0.1) is 6.92 Å². The Hall–Kier alpha value is -1.65. The first-order chi connectivity index (χ1) is 12.1. The zero-order chi connectivity index (χ0) is 17.8. The molecule has 0 aliphatic heterocycles. The molecule has 0 atom stereocenters. The summed E-state index contributed by atoms with van der Waals surface area (Å²) >= 11 is 3.54. The van der Waals surface area contributed by atoms with Crippen LogP contribution in [-0.4, -0.2) is 16.2 Å². The lowest BCUT2D eigenvalue weighted by molar-refractivity contribution is 0.926. The van der Waals surface area contributed by atoms with Gasteiger partial charge in [0.15, 0.2) is 5.82 Å². The molecule has 0 unspecified atom stereocenters. The molecule has 0 saturated carbocycles. The Morgan fingerprint density at radius 2 is 1.64 bits per heavy atom. The highest BCUT2D eigenvalue weighted by Gasteiger charge is 2.13. The van der Waals surface area contributed by atoms with Crippen LogP contribution >= 0.6 is 23.1 Å². The average Bonchev–Trinajstić information content (AvgIpc) is 3.11. The molecule has 25 heavy (non-hydrogen) atoms. The van der Waals surface area contributed by atoms with Gasteiger partial charge < -0.3 is 0 Å². The summed E-state index contributed by atoms with van der Waals surface area (Å²) in [6, 6.07) is 13.2. The van der Waals surface area contributed by atoms with Crippen molar-refractivity contribution in [2.24, 2.45) is 0 Å². The van der Waals surface area contributed by atoms with Crippen molar-refractivity contribution < 1.29 is 0 Å². The molecule has 2 heterocycles. The average molecular weight is 369 g/mol. The van der Waals surface area contributed by atoms with Gasteiger partial charge >= 0.3 is 0 Å². The second-order valence-corrected chi connectivity index (χ2v) is 8.27. The highest BCUT2D eigenvalue weighted by molar-refractivity contribution is 8.00. The van der Waals surface area contributed by atoms with E-state index in [1.165, 1.54) is 20.9 Å². The fraction of sp³-hybridized carbons (Fsp3) is 0.333. The molecule has 3 aromatic rings. The van der Waals surface area contributed by atoms with E-state index in [0.717, 1.165) is 41.4 Å². The molecule has 0 aliphatic rings. The fourth-order valence-corrected chi connectivity index (χ4v) is 4.49. The molecule has 0 saturated heterocycles. The summed E-state index contributed by atoms with van der Waals surface area (Å²) in [6.07, 6.45) is 5.01. The lowest BCUT2D eigenvalue weighted by atomic mass is 10.0. The van der Waals surface area contributed by atoms with Crippen molar-refractivity contribution in [1.29, 1.82) is 0 Å². The number of thiophene rings is 1. The van der Waals surface area contributed by atoms with Crippen LogP contribution in [-0.2, 0) is 19.3 Å². The van der Waals surface area contributed by atoms with Gasteiger partial charge in [-0.25, -0.2) is 9.97 Å². The molecule has 0 fully saturated rings. The third-order valence-corrected chi connectivity index (χ3v) is 6.62. The summed E-state index contributed by atoms with van der Waals surface area (Å²) in [7, 11) is 0. The summed E-state index contributed by atoms with van der Waals surface area (Å²) in [4.78, 5) is 10.9. The van der Waals surface area contributed by atoms with Gasteiger partial charge in [-0.1, -0.05) is 38.1 Å². The molecular weight excluding hydrogens is 344 g/mol. The molecular formula is C21H24N2S2. The predicted octanol–water partition coefficient (Wildman–Crippen LogP) is 5.95. The van der Waals surface area contributed by atoms with Crippen LogP contribution in [0.15, 0.2) is 40.6 Å². The second-order valence-electron chi connectivity index (χ2n) is 6.08. The molecule has 3 rings (SSSR count). The van der Waals surface area contributed by atoms with Gasteiger partial charge in [-0.05, 0) is 54.8 Å². The maximum Gasteiger partial charge on any atom is 0.169 e. The molecule has 130 valence electrons. The van der Waals surface area contributed by atoms with Gasteiger partial charge in [-0.15, -0.1) is 23.1 Å².